The number of hydrogen-bond acceptors (Lipinski definition) is 6. The minimum absolute atomic E-state index is 0.114. The molecule has 1 amide bonds. The normalized spacial score (nSPS) is 12.5. The molecular weight excluding hydrogens is 414 g/mol. The number of ether oxygens (including phenoxy) is 1. The van der Waals surface area contributed by atoms with E-state index in [0.717, 1.165) is 41.6 Å². The van der Waals surface area contributed by atoms with E-state index in [1.165, 1.54) is 13.2 Å². The lowest BCUT2D eigenvalue weighted by atomic mass is 10.1. The third-order valence-electron chi connectivity index (χ3n) is 5.19. The number of nitrogens with zero attached hydrogens (tertiary/aromatic N) is 2. The van der Waals surface area contributed by atoms with Gasteiger partial charge in [0.15, 0.2) is 9.84 Å². The lowest BCUT2D eigenvalue weighted by molar-refractivity contribution is 0.0940. The molecule has 164 valence electrons. The van der Waals surface area contributed by atoms with Crippen molar-refractivity contribution in [3.8, 4) is 5.75 Å². The minimum Gasteiger partial charge on any atom is -0.495 e. The SMILES string of the molecule is CCc1nc2ccc(C(=O)NC(C)c3ccc(S(C)(=O)=O)c(OC)c3)cc2nc1CC. The molecule has 1 N–H and O–H groups in total. The summed E-state index contributed by atoms with van der Waals surface area (Å²) in [4.78, 5) is 22.3. The van der Waals surface area contributed by atoms with Gasteiger partial charge in [-0.05, 0) is 55.7 Å². The Balaban J connectivity index is 1.86. The molecular formula is C23H27N3O4S. The van der Waals surface area contributed by atoms with Crippen LogP contribution < -0.4 is 10.1 Å². The van der Waals surface area contributed by atoms with Crippen molar-refractivity contribution < 1.29 is 17.9 Å². The molecule has 0 saturated heterocycles. The Morgan fingerprint density at radius 1 is 1.03 bits per heavy atom. The molecule has 31 heavy (non-hydrogen) atoms. The first-order valence-corrected chi connectivity index (χ1v) is 12.1. The molecule has 0 radical (unpaired) electrons. The summed E-state index contributed by atoms with van der Waals surface area (Å²) in [5.41, 5.74) is 4.60. The molecule has 0 aliphatic carbocycles. The van der Waals surface area contributed by atoms with Crippen LogP contribution in [-0.4, -0.2) is 37.7 Å². The summed E-state index contributed by atoms with van der Waals surface area (Å²) >= 11 is 0. The van der Waals surface area contributed by atoms with Crippen molar-refractivity contribution in [2.45, 2.75) is 44.6 Å². The van der Waals surface area contributed by atoms with Crippen LogP contribution in [-0.2, 0) is 22.7 Å². The fourth-order valence-electron chi connectivity index (χ4n) is 3.46. The van der Waals surface area contributed by atoms with Gasteiger partial charge in [0.2, 0.25) is 0 Å². The number of carbonyl (C=O) groups excluding carboxylic acids is 1. The maximum atomic E-state index is 12.8. The number of rotatable bonds is 7. The van der Waals surface area contributed by atoms with Gasteiger partial charge in [0.05, 0.1) is 35.6 Å². The Morgan fingerprint density at radius 2 is 1.68 bits per heavy atom. The van der Waals surface area contributed by atoms with E-state index in [1.54, 1.807) is 24.3 Å². The maximum Gasteiger partial charge on any atom is 0.251 e. The van der Waals surface area contributed by atoms with Gasteiger partial charge in [-0.25, -0.2) is 18.4 Å². The number of amides is 1. The topological polar surface area (TPSA) is 98.2 Å². The predicted molar refractivity (Wildman–Crippen MR) is 120 cm³/mol. The van der Waals surface area contributed by atoms with Crippen molar-refractivity contribution in [1.29, 1.82) is 0 Å². The largest absolute Gasteiger partial charge is 0.495 e. The van der Waals surface area contributed by atoms with E-state index in [-0.39, 0.29) is 22.6 Å². The van der Waals surface area contributed by atoms with Crippen LogP contribution in [0.2, 0.25) is 0 Å². The molecule has 3 rings (SSSR count). The second-order valence-corrected chi connectivity index (χ2v) is 9.39. The highest BCUT2D eigenvalue weighted by molar-refractivity contribution is 7.90. The van der Waals surface area contributed by atoms with E-state index < -0.39 is 9.84 Å². The van der Waals surface area contributed by atoms with Gasteiger partial charge in [0.25, 0.3) is 5.91 Å². The fourth-order valence-corrected chi connectivity index (χ4v) is 4.28. The molecule has 1 heterocycles. The Bertz CT molecular complexity index is 1240. The Hall–Kier alpha value is -3.00. The molecule has 1 unspecified atom stereocenters. The van der Waals surface area contributed by atoms with E-state index in [1.807, 2.05) is 19.9 Å². The highest BCUT2D eigenvalue weighted by Gasteiger charge is 2.18. The van der Waals surface area contributed by atoms with E-state index in [0.29, 0.717) is 11.1 Å². The number of carbonyl (C=O) groups is 1. The molecule has 1 aromatic heterocycles. The average Bonchev–Trinajstić information content (AvgIpc) is 2.76. The number of aromatic nitrogens is 2. The standard InChI is InChI=1S/C23H27N3O4S/c1-6-17-18(7-2)26-20-12-16(8-10-19(20)25-17)23(27)24-14(3)15-9-11-22(31(5,28)29)21(13-15)30-4/h8-14H,6-7H2,1-5H3,(H,24,27). The Morgan fingerprint density at radius 3 is 2.26 bits per heavy atom. The number of methoxy groups -OCH3 is 1. The lowest BCUT2D eigenvalue weighted by Crippen LogP contribution is -2.26. The summed E-state index contributed by atoms with van der Waals surface area (Å²) in [6, 6.07) is 9.74. The second kappa shape index (κ2) is 9.01. The summed E-state index contributed by atoms with van der Waals surface area (Å²) in [6.45, 7) is 5.92. The molecule has 0 saturated carbocycles. The van der Waals surface area contributed by atoms with Gasteiger partial charge < -0.3 is 10.1 Å². The summed E-state index contributed by atoms with van der Waals surface area (Å²) < 4.78 is 29.0. The molecule has 7 nitrogen and oxygen atoms in total. The van der Waals surface area contributed by atoms with Crippen LogP contribution in [0.25, 0.3) is 11.0 Å². The third kappa shape index (κ3) is 4.85. The second-order valence-electron chi connectivity index (χ2n) is 7.41. The van der Waals surface area contributed by atoms with Crippen LogP contribution in [0, 0.1) is 0 Å². The highest BCUT2D eigenvalue weighted by Crippen LogP contribution is 2.27. The van der Waals surface area contributed by atoms with Crippen molar-refractivity contribution in [2.24, 2.45) is 0 Å². The quantitative estimate of drug-likeness (QED) is 0.601. The van der Waals surface area contributed by atoms with Crippen LogP contribution in [0.4, 0.5) is 0 Å². The number of aryl methyl sites for hydroxylation is 2. The minimum atomic E-state index is -3.41. The number of benzene rings is 2. The molecule has 8 heteroatoms. The van der Waals surface area contributed by atoms with Crippen LogP contribution in [0.1, 0.15) is 54.1 Å². The van der Waals surface area contributed by atoms with Gasteiger partial charge in [-0.1, -0.05) is 19.9 Å². The summed E-state index contributed by atoms with van der Waals surface area (Å²) in [6.07, 6.45) is 2.73. The van der Waals surface area contributed by atoms with Crippen molar-refractivity contribution in [3.63, 3.8) is 0 Å². The zero-order chi connectivity index (χ0) is 22.8. The molecule has 3 aromatic rings. The fraction of sp³-hybridized carbons (Fsp3) is 0.348. The molecule has 0 aliphatic rings. The first-order chi connectivity index (χ1) is 14.7. The summed E-state index contributed by atoms with van der Waals surface area (Å²) in [5, 5.41) is 2.95. The van der Waals surface area contributed by atoms with Crippen LogP contribution >= 0.6 is 0 Å². The first kappa shape index (κ1) is 22.7. The molecule has 0 bridgehead atoms. The van der Waals surface area contributed by atoms with Crippen LogP contribution in [0.15, 0.2) is 41.3 Å². The predicted octanol–water partition coefficient (Wildman–Crippen LogP) is 3.66. The van der Waals surface area contributed by atoms with Gasteiger partial charge in [-0.3, -0.25) is 4.79 Å². The zero-order valence-electron chi connectivity index (χ0n) is 18.4. The van der Waals surface area contributed by atoms with Gasteiger partial charge in [0.1, 0.15) is 10.6 Å². The van der Waals surface area contributed by atoms with Crippen molar-refractivity contribution in [3.05, 3.63) is 58.9 Å². The first-order valence-electron chi connectivity index (χ1n) is 10.2. The molecule has 1 atom stereocenters. The average molecular weight is 442 g/mol. The molecule has 0 spiro atoms. The number of fused-ring (bicyclic) bond motifs is 1. The summed E-state index contributed by atoms with van der Waals surface area (Å²) in [7, 11) is -1.99. The monoisotopic (exact) mass is 441 g/mol. The van der Waals surface area contributed by atoms with Crippen molar-refractivity contribution in [2.75, 3.05) is 13.4 Å². The van der Waals surface area contributed by atoms with Gasteiger partial charge >= 0.3 is 0 Å². The maximum absolute atomic E-state index is 12.8. The molecule has 0 aliphatic heterocycles. The number of sulfone groups is 1. The van der Waals surface area contributed by atoms with E-state index in [9.17, 15) is 13.2 Å². The number of hydrogen-bond donors (Lipinski definition) is 1. The van der Waals surface area contributed by atoms with Crippen LogP contribution in [0.3, 0.4) is 0 Å². The molecule has 0 fully saturated rings. The Labute approximate surface area is 182 Å². The van der Waals surface area contributed by atoms with Gasteiger partial charge in [0, 0.05) is 11.8 Å². The van der Waals surface area contributed by atoms with E-state index in [2.05, 4.69) is 22.2 Å². The molecule has 2 aromatic carbocycles. The Kier molecular flexibility index (Phi) is 6.59. The number of nitrogens with one attached hydrogen (secondary N) is 1. The lowest BCUT2D eigenvalue weighted by Gasteiger charge is -2.17. The van der Waals surface area contributed by atoms with E-state index in [4.69, 9.17) is 4.74 Å². The van der Waals surface area contributed by atoms with Gasteiger partial charge in [-0.15, -0.1) is 0 Å². The third-order valence-corrected chi connectivity index (χ3v) is 6.32. The van der Waals surface area contributed by atoms with Gasteiger partial charge in [-0.2, -0.15) is 0 Å². The zero-order valence-corrected chi connectivity index (χ0v) is 19.2. The highest BCUT2D eigenvalue weighted by atomic mass is 32.2. The van der Waals surface area contributed by atoms with Crippen LogP contribution in [0.5, 0.6) is 5.75 Å². The summed E-state index contributed by atoms with van der Waals surface area (Å²) in [5.74, 6) is 0.000810. The van der Waals surface area contributed by atoms with Crippen molar-refractivity contribution in [1.82, 2.24) is 15.3 Å². The van der Waals surface area contributed by atoms with Crippen molar-refractivity contribution >= 4 is 26.8 Å². The smallest absolute Gasteiger partial charge is 0.251 e. The van der Waals surface area contributed by atoms with E-state index >= 15 is 0 Å².